The molecule has 0 unspecified atom stereocenters. The lowest BCUT2D eigenvalue weighted by atomic mass is 10.1. The molecule has 4 nitrogen and oxygen atoms in total. The number of halogens is 4. The number of hydrogen-bond acceptors (Lipinski definition) is 4. The Labute approximate surface area is 187 Å². The highest BCUT2D eigenvalue weighted by molar-refractivity contribution is 9.10. The molecule has 27 heavy (non-hydrogen) atoms. The van der Waals surface area contributed by atoms with Crippen molar-refractivity contribution < 1.29 is 14.3 Å². The van der Waals surface area contributed by atoms with Crippen LogP contribution in [0, 0.1) is 0 Å². The first-order valence-electron chi connectivity index (χ1n) is 7.90. The maximum atomic E-state index is 9.04. The van der Waals surface area contributed by atoms with Gasteiger partial charge >= 0.3 is 0 Å². The van der Waals surface area contributed by atoms with Gasteiger partial charge in [-0.1, -0.05) is 6.07 Å². The molecular weight excluding hydrogens is 521 g/mol. The van der Waals surface area contributed by atoms with E-state index in [0.717, 1.165) is 33.3 Å². The van der Waals surface area contributed by atoms with E-state index in [1.165, 1.54) is 5.56 Å². The number of methoxy groups -OCH3 is 2. The predicted octanol–water partition coefficient (Wildman–Crippen LogP) is 6.09. The van der Waals surface area contributed by atoms with Gasteiger partial charge in [0, 0.05) is 17.6 Å². The van der Waals surface area contributed by atoms with Crippen molar-refractivity contribution in [1.82, 2.24) is 0 Å². The number of hydrogen-bond donors (Lipinski definition) is 1. The Hall–Kier alpha value is -0.950. The Morgan fingerprint density at radius 3 is 1.96 bits per heavy atom. The summed E-state index contributed by atoms with van der Waals surface area (Å²) in [6.07, 6.45) is 2.65. The zero-order valence-corrected chi connectivity index (χ0v) is 19.9. The van der Waals surface area contributed by atoms with Crippen LogP contribution < -0.4 is 15.2 Å². The van der Waals surface area contributed by atoms with Crippen LogP contribution in [0.5, 0.6) is 11.5 Å². The average Bonchev–Trinajstić information content (AvgIpc) is 2.69. The summed E-state index contributed by atoms with van der Waals surface area (Å²) in [5, 5.41) is 0. The van der Waals surface area contributed by atoms with Gasteiger partial charge in [0.1, 0.15) is 17.8 Å². The van der Waals surface area contributed by atoms with E-state index in [9.17, 15) is 0 Å². The molecule has 150 valence electrons. The molecule has 2 aromatic carbocycles. The summed E-state index contributed by atoms with van der Waals surface area (Å²) in [5.41, 5.74) is 7.48. The second kappa shape index (κ2) is 16.0. The highest BCUT2D eigenvalue weighted by Crippen LogP contribution is 2.26. The van der Waals surface area contributed by atoms with E-state index in [1.807, 2.05) is 24.3 Å². The van der Waals surface area contributed by atoms with Crippen LogP contribution in [0.1, 0.15) is 12.0 Å². The molecule has 0 aromatic heterocycles. The molecule has 0 bridgehead atoms. The smallest absolute Gasteiger partial charge is 0.135 e. The third-order valence-corrected chi connectivity index (χ3v) is 4.76. The molecule has 0 radical (unpaired) electrons. The molecule has 8 heteroatoms. The molecule has 0 heterocycles. The van der Waals surface area contributed by atoms with Crippen molar-refractivity contribution in [1.29, 1.82) is 0 Å². The van der Waals surface area contributed by atoms with Crippen LogP contribution in [-0.4, -0.2) is 32.3 Å². The number of anilines is 1. The van der Waals surface area contributed by atoms with Crippen molar-refractivity contribution in [2.45, 2.75) is 12.8 Å². The van der Waals surface area contributed by atoms with Gasteiger partial charge in [0.05, 0.1) is 29.0 Å². The summed E-state index contributed by atoms with van der Waals surface area (Å²) < 4.78 is 12.1. The van der Waals surface area contributed by atoms with Crippen LogP contribution >= 0.6 is 55.1 Å². The predicted molar refractivity (Wildman–Crippen MR) is 122 cm³/mol. The molecule has 0 aliphatic heterocycles. The number of benzene rings is 2. The second-order valence-corrected chi connectivity index (χ2v) is 7.37. The number of nitrogens with two attached hydrogens (primary N) is 1. The van der Waals surface area contributed by atoms with Gasteiger partial charge in [-0.15, -0.1) is 23.2 Å². The van der Waals surface area contributed by atoms with Gasteiger partial charge < -0.3 is 20.0 Å². The monoisotopic (exact) mass is 541 g/mol. The summed E-state index contributed by atoms with van der Waals surface area (Å²) in [6, 6.07) is 11.6. The fourth-order valence-corrected chi connectivity index (χ4v) is 2.76. The fraction of sp³-hybridized carbons (Fsp3) is 0.316. The van der Waals surface area contributed by atoms with Gasteiger partial charge in [-0.3, -0.25) is 0 Å². The van der Waals surface area contributed by atoms with Crippen molar-refractivity contribution in [3.8, 4) is 11.5 Å². The lowest BCUT2D eigenvalue weighted by Gasteiger charge is -2.05. The summed E-state index contributed by atoms with van der Waals surface area (Å²) in [6.45, 7) is 0. The van der Waals surface area contributed by atoms with Crippen molar-refractivity contribution in [3.63, 3.8) is 0 Å². The van der Waals surface area contributed by atoms with Crippen molar-refractivity contribution in [2.24, 2.45) is 0 Å². The maximum Gasteiger partial charge on any atom is 0.135 e. The molecule has 0 saturated heterocycles. The minimum atomic E-state index is 0.111. The van der Waals surface area contributed by atoms with E-state index in [4.69, 9.17) is 43.2 Å². The van der Waals surface area contributed by atoms with Crippen molar-refractivity contribution in [3.05, 3.63) is 50.9 Å². The largest absolute Gasteiger partial charge is 0.496 e. The van der Waals surface area contributed by atoms with Crippen molar-refractivity contribution >= 4 is 67.0 Å². The Morgan fingerprint density at radius 1 is 1.00 bits per heavy atom. The quantitative estimate of drug-likeness (QED) is 0.272. The zero-order valence-electron chi connectivity index (χ0n) is 15.2. The molecule has 2 rings (SSSR count). The summed E-state index contributed by atoms with van der Waals surface area (Å²) in [5.74, 6) is 2.46. The zero-order chi connectivity index (χ0) is 20.7. The fourth-order valence-electron chi connectivity index (χ4n) is 1.81. The SMILES string of the molecule is COc1cc(CCCCl)ccc1Br.COc1cc(N)ccc1Br.O=CCCl. The molecule has 0 saturated carbocycles. The molecule has 0 aliphatic rings. The second-order valence-electron chi connectivity index (χ2n) is 4.98. The standard InChI is InChI=1S/C10H12BrClO.C7H8BrNO.C2H3ClO/c1-13-10-7-8(3-2-6-12)4-5-9(10)11;1-10-7-4-5(9)2-3-6(7)8;3-1-2-4/h4-5,7H,2-3,6H2,1H3;2-4H,9H2,1H3;2H,1H2. The summed E-state index contributed by atoms with van der Waals surface area (Å²) in [4.78, 5) is 9.04. The average molecular weight is 544 g/mol. The van der Waals surface area contributed by atoms with Gasteiger partial charge in [-0.05, 0) is 74.5 Å². The summed E-state index contributed by atoms with van der Waals surface area (Å²) >= 11 is 17.2. The Kier molecular flexibility index (Phi) is 15.5. The van der Waals surface area contributed by atoms with E-state index >= 15 is 0 Å². The topological polar surface area (TPSA) is 61.6 Å². The molecule has 0 spiro atoms. The molecule has 0 aliphatic carbocycles. The highest BCUT2D eigenvalue weighted by Gasteiger charge is 2.01. The van der Waals surface area contributed by atoms with Crippen LogP contribution in [0.3, 0.4) is 0 Å². The van der Waals surface area contributed by atoms with Crippen LogP contribution in [-0.2, 0) is 11.2 Å². The number of ether oxygens (including phenoxy) is 2. The molecular formula is C19H23Br2Cl2NO3. The minimum Gasteiger partial charge on any atom is -0.496 e. The molecule has 2 N–H and O–H groups in total. The molecule has 0 amide bonds. The highest BCUT2D eigenvalue weighted by atomic mass is 79.9. The third-order valence-electron chi connectivity index (χ3n) is 3.05. The molecule has 0 atom stereocenters. The first-order valence-corrected chi connectivity index (χ1v) is 10.6. The van der Waals surface area contributed by atoms with Crippen LogP contribution in [0.2, 0.25) is 0 Å². The molecule has 2 aromatic rings. The number of rotatable bonds is 6. The van der Waals surface area contributed by atoms with Gasteiger partial charge in [0.2, 0.25) is 0 Å². The number of aldehydes is 1. The third kappa shape index (κ3) is 11.5. The van der Waals surface area contributed by atoms with E-state index in [0.29, 0.717) is 17.9 Å². The lowest BCUT2D eigenvalue weighted by molar-refractivity contribution is -0.105. The number of carbonyl (C=O) groups excluding carboxylic acids is 1. The van der Waals surface area contributed by atoms with Gasteiger partial charge in [0.15, 0.2) is 0 Å². The first-order chi connectivity index (χ1) is 12.9. The van der Waals surface area contributed by atoms with Crippen molar-refractivity contribution in [2.75, 3.05) is 31.7 Å². The summed E-state index contributed by atoms with van der Waals surface area (Å²) in [7, 11) is 3.28. The van der Waals surface area contributed by atoms with Gasteiger partial charge in [-0.25, -0.2) is 0 Å². The normalized spacial score (nSPS) is 9.26. The number of carbonyl (C=O) groups is 1. The maximum absolute atomic E-state index is 9.04. The number of nitrogen functional groups attached to an aromatic ring is 1. The van der Waals surface area contributed by atoms with Crippen LogP contribution in [0.4, 0.5) is 5.69 Å². The van der Waals surface area contributed by atoms with Crippen LogP contribution in [0.25, 0.3) is 0 Å². The minimum absolute atomic E-state index is 0.111. The Balaban J connectivity index is 0.000000428. The van der Waals surface area contributed by atoms with Crippen LogP contribution in [0.15, 0.2) is 45.3 Å². The first kappa shape index (κ1) is 26.1. The Morgan fingerprint density at radius 2 is 1.52 bits per heavy atom. The number of alkyl halides is 2. The van der Waals surface area contributed by atoms with E-state index in [2.05, 4.69) is 37.9 Å². The molecule has 0 fully saturated rings. The lowest BCUT2D eigenvalue weighted by Crippen LogP contribution is -1.89. The van der Waals surface area contributed by atoms with Gasteiger partial charge in [0.25, 0.3) is 0 Å². The van der Waals surface area contributed by atoms with Gasteiger partial charge in [-0.2, -0.15) is 0 Å². The van der Waals surface area contributed by atoms with E-state index in [-0.39, 0.29) is 5.88 Å². The number of aryl methyl sites for hydroxylation is 1. The van der Waals surface area contributed by atoms with E-state index in [1.54, 1.807) is 20.3 Å². The Bertz CT molecular complexity index is 688. The van der Waals surface area contributed by atoms with E-state index < -0.39 is 0 Å².